The number of pyridine rings is 1. The van der Waals surface area contributed by atoms with Gasteiger partial charge in [0.05, 0.1) is 22.6 Å². The smallest absolute Gasteiger partial charge is 0.290 e. The Kier molecular flexibility index (Phi) is 5.86. The Hall–Kier alpha value is -3.72. The molecule has 2 amide bonds. The molecule has 8 nitrogen and oxygen atoms in total. The van der Waals surface area contributed by atoms with Crippen LogP contribution < -0.4 is 4.90 Å². The number of nitrogens with zero attached hydrogens (tertiary/aromatic N) is 4. The Morgan fingerprint density at radius 2 is 1.95 bits per heavy atom. The molecule has 4 aromatic rings. The Morgan fingerprint density at radius 1 is 1.19 bits per heavy atom. The normalized spacial score (nSPS) is 16.0. The van der Waals surface area contributed by atoms with Crippen LogP contribution in [-0.2, 0) is 10.2 Å². The lowest BCUT2D eigenvalue weighted by molar-refractivity contribution is -0.129. The summed E-state index contributed by atoms with van der Waals surface area (Å²) in [6.07, 6.45) is 3.23. The number of benzene rings is 1. The van der Waals surface area contributed by atoms with Gasteiger partial charge < -0.3 is 14.2 Å². The lowest BCUT2D eigenvalue weighted by atomic mass is 9.86. The van der Waals surface area contributed by atoms with Crippen LogP contribution in [0.1, 0.15) is 50.7 Å². The average Bonchev–Trinajstić information content (AvgIpc) is 3.51. The van der Waals surface area contributed by atoms with Crippen molar-refractivity contribution in [3.8, 4) is 11.3 Å². The van der Waals surface area contributed by atoms with Gasteiger partial charge in [-0.05, 0) is 37.5 Å². The van der Waals surface area contributed by atoms with Crippen molar-refractivity contribution in [1.82, 2.24) is 20.1 Å². The molecule has 10 heteroatoms. The lowest BCUT2D eigenvalue weighted by Crippen LogP contribution is -2.64. The van der Waals surface area contributed by atoms with Crippen LogP contribution in [-0.4, -0.2) is 50.5 Å². The van der Waals surface area contributed by atoms with E-state index in [0.717, 1.165) is 5.56 Å². The molecule has 4 heterocycles. The number of H-pyrrole nitrogens is 1. The van der Waals surface area contributed by atoms with E-state index in [0.29, 0.717) is 41.1 Å². The maximum atomic E-state index is 14.2. The number of carbonyl (C=O) groups is 2. The summed E-state index contributed by atoms with van der Waals surface area (Å²) in [7, 11) is 0. The van der Waals surface area contributed by atoms with E-state index in [2.05, 4.69) is 15.2 Å². The Bertz CT molecular complexity index is 1520. The zero-order valence-electron chi connectivity index (χ0n) is 21.2. The summed E-state index contributed by atoms with van der Waals surface area (Å²) in [6, 6.07) is 7.96. The molecule has 0 bridgehead atoms. The first-order valence-electron chi connectivity index (χ1n) is 11.9. The molecule has 0 saturated carbocycles. The number of aromatic nitrogens is 3. The highest BCUT2D eigenvalue weighted by Crippen LogP contribution is 2.36. The second-order valence-corrected chi connectivity index (χ2v) is 11.1. The minimum Gasteiger partial charge on any atom is -0.449 e. The zero-order chi connectivity index (χ0) is 26.7. The number of fused-ring (bicyclic) bond motifs is 1. The van der Waals surface area contributed by atoms with E-state index in [1.165, 1.54) is 17.0 Å². The standard InChI is InChI=1S/C27H27ClFN5O3/c1-26(2,3)17-11-20(15-6-7-18(28)19(29)10-15)32-21-12-22(37-23(17)21)24(35)34-9-8-33(16-13-30-31-14-16)25(36)27(34,4)5/h6-7,10-14H,8-9H2,1-5H3,(H,30,31). The number of aromatic amines is 1. The number of hydrogen-bond donors (Lipinski definition) is 1. The maximum absolute atomic E-state index is 14.2. The highest BCUT2D eigenvalue weighted by atomic mass is 35.5. The largest absolute Gasteiger partial charge is 0.449 e. The molecule has 1 saturated heterocycles. The summed E-state index contributed by atoms with van der Waals surface area (Å²) in [4.78, 5) is 34.8. The molecule has 1 aliphatic rings. The monoisotopic (exact) mass is 523 g/mol. The van der Waals surface area contributed by atoms with Crippen molar-refractivity contribution < 1.29 is 18.4 Å². The lowest BCUT2D eigenvalue weighted by Gasteiger charge is -2.45. The quantitative estimate of drug-likeness (QED) is 0.378. The van der Waals surface area contributed by atoms with Gasteiger partial charge in [-0.3, -0.25) is 14.7 Å². The van der Waals surface area contributed by atoms with Crippen LogP contribution in [0.5, 0.6) is 0 Å². The summed E-state index contributed by atoms with van der Waals surface area (Å²) in [5.41, 5.74) is 2.06. The van der Waals surface area contributed by atoms with Gasteiger partial charge in [-0.15, -0.1) is 0 Å². The van der Waals surface area contributed by atoms with Gasteiger partial charge in [-0.1, -0.05) is 38.4 Å². The molecule has 0 aliphatic carbocycles. The number of carbonyl (C=O) groups excluding carboxylic acids is 2. The van der Waals surface area contributed by atoms with Gasteiger partial charge in [0, 0.05) is 36.5 Å². The number of amides is 2. The van der Waals surface area contributed by atoms with Crippen LogP contribution >= 0.6 is 11.6 Å². The molecule has 1 aromatic carbocycles. The number of anilines is 1. The third-order valence-corrected chi connectivity index (χ3v) is 7.05. The summed E-state index contributed by atoms with van der Waals surface area (Å²) in [6.45, 7) is 10.1. The fourth-order valence-corrected chi connectivity index (χ4v) is 4.76. The minimum absolute atomic E-state index is 0.0297. The van der Waals surface area contributed by atoms with Gasteiger partial charge >= 0.3 is 0 Å². The molecular formula is C27H27ClFN5O3. The predicted molar refractivity (Wildman–Crippen MR) is 139 cm³/mol. The van der Waals surface area contributed by atoms with Gasteiger partial charge in [-0.2, -0.15) is 5.10 Å². The summed E-state index contributed by atoms with van der Waals surface area (Å²) in [5.74, 6) is -1.07. The van der Waals surface area contributed by atoms with Crippen LogP contribution in [0.2, 0.25) is 5.02 Å². The van der Waals surface area contributed by atoms with Gasteiger partial charge in [0.15, 0.2) is 11.3 Å². The molecule has 0 unspecified atom stereocenters. The van der Waals surface area contributed by atoms with Crippen molar-refractivity contribution >= 4 is 40.2 Å². The van der Waals surface area contributed by atoms with Crippen LogP contribution in [0.4, 0.5) is 10.1 Å². The van der Waals surface area contributed by atoms with Crippen molar-refractivity contribution in [2.45, 2.75) is 45.6 Å². The van der Waals surface area contributed by atoms with Crippen molar-refractivity contribution in [1.29, 1.82) is 0 Å². The van der Waals surface area contributed by atoms with Crippen molar-refractivity contribution in [2.24, 2.45) is 0 Å². The Morgan fingerprint density at radius 3 is 2.59 bits per heavy atom. The van der Waals surface area contributed by atoms with E-state index in [9.17, 15) is 14.0 Å². The van der Waals surface area contributed by atoms with Gasteiger partial charge in [0.1, 0.15) is 16.9 Å². The van der Waals surface area contributed by atoms with Crippen LogP contribution in [0, 0.1) is 5.82 Å². The van der Waals surface area contributed by atoms with E-state index in [4.69, 9.17) is 16.0 Å². The van der Waals surface area contributed by atoms with Crippen molar-refractivity contribution in [3.05, 3.63) is 64.9 Å². The fraction of sp³-hybridized carbons (Fsp3) is 0.333. The number of rotatable bonds is 3. The first-order valence-corrected chi connectivity index (χ1v) is 12.3. The first-order chi connectivity index (χ1) is 17.4. The molecule has 1 fully saturated rings. The topological polar surface area (TPSA) is 95.3 Å². The van der Waals surface area contributed by atoms with Gasteiger partial charge in [-0.25, -0.2) is 9.37 Å². The summed E-state index contributed by atoms with van der Waals surface area (Å²) in [5, 5.41) is 6.67. The van der Waals surface area contributed by atoms with Crippen LogP contribution in [0.25, 0.3) is 22.4 Å². The molecule has 1 N–H and O–H groups in total. The average molecular weight is 524 g/mol. The molecule has 37 heavy (non-hydrogen) atoms. The number of piperazine rings is 1. The number of nitrogens with one attached hydrogen (secondary N) is 1. The van der Waals surface area contributed by atoms with Gasteiger partial charge in [0.25, 0.3) is 11.8 Å². The second kappa shape index (κ2) is 8.69. The van der Waals surface area contributed by atoms with E-state index < -0.39 is 17.3 Å². The molecule has 3 aromatic heterocycles. The molecule has 0 radical (unpaired) electrons. The maximum Gasteiger partial charge on any atom is 0.290 e. The van der Waals surface area contributed by atoms with E-state index >= 15 is 0 Å². The second-order valence-electron chi connectivity index (χ2n) is 10.7. The fourth-order valence-electron chi connectivity index (χ4n) is 4.64. The third kappa shape index (κ3) is 4.27. The summed E-state index contributed by atoms with van der Waals surface area (Å²) < 4.78 is 20.3. The molecule has 5 rings (SSSR count). The Balaban J connectivity index is 1.55. The third-order valence-electron chi connectivity index (χ3n) is 6.74. The molecule has 192 valence electrons. The predicted octanol–water partition coefficient (Wildman–Crippen LogP) is 5.58. The minimum atomic E-state index is -1.11. The highest BCUT2D eigenvalue weighted by molar-refractivity contribution is 6.30. The number of halogens is 2. The molecular weight excluding hydrogens is 497 g/mol. The highest BCUT2D eigenvalue weighted by Gasteiger charge is 2.46. The van der Waals surface area contributed by atoms with E-state index in [1.54, 1.807) is 43.3 Å². The SMILES string of the molecule is CC(C)(C)c1cc(-c2ccc(Cl)c(F)c2)nc2cc(C(=O)N3CCN(c4cn[nH]c4)C(=O)C3(C)C)oc12. The molecule has 1 aliphatic heterocycles. The van der Waals surface area contributed by atoms with Gasteiger partial charge in [0.2, 0.25) is 0 Å². The van der Waals surface area contributed by atoms with E-state index in [1.807, 2.05) is 26.8 Å². The van der Waals surface area contributed by atoms with Crippen molar-refractivity contribution in [3.63, 3.8) is 0 Å². The summed E-state index contributed by atoms with van der Waals surface area (Å²) >= 11 is 5.87. The van der Waals surface area contributed by atoms with Crippen molar-refractivity contribution in [2.75, 3.05) is 18.0 Å². The molecule has 0 spiro atoms. The zero-order valence-corrected chi connectivity index (χ0v) is 22.0. The Labute approximate surface area is 218 Å². The molecule has 0 atom stereocenters. The van der Waals surface area contributed by atoms with Crippen LogP contribution in [0.3, 0.4) is 0 Å². The first kappa shape index (κ1) is 25.0. The van der Waals surface area contributed by atoms with E-state index in [-0.39, 0.29) is 22.1 Å². The number of furan rings is 1. The van der Waals surface area contributed by atoms with Crippen LogP contribution in [0.15, 0.2) is 47.1 Å². The number of hydrogen-bond acceptors (Lipinski definition) is 5.